The summed E-state index contributed by atoms with van der Waals surface area (Å²) in [5, 5.41) is 0.0508. The Hall–Kier alpha value is -1.11. The second-order valence-electron chi connectivity index (χ2n) is 4.48. The van der Waals surface area contributed by atoms with Crippen molar-refractivity contribution in [2.75, 3.05) is 0 Å². The Morgan fingerprint density at radius 3 is 2.67 bits per heavy atom. The molecule has 0 fully saturated rings. The summed E-state index contributed by atoms with van der Waals surface area (Å²) in [6, 6.07) is 5.01. The number of para-hydroxylation sites is 1. The maximum Gasteiger partial charge on any atom is 0.328 e. The van der Waals surface area contributed by atoms with Gasteiger partial charge in [0.15, 0.2) is 0 Å². The zero-order valence-electron chi connectivity index (χ0n) is 9.96. The zero-order valence-corrected chi connectivity index (χ0v) is 11.5. The lowest BCUT2D eigenvalue weighted by Gasteiger charge is -2.10. The second kappa shape index (κ2) is 4.53. The summed E-state index contributed by atoms with van der Waals surface area (Å²) in [5.41, 5.74) is 0.983. The van der Waals surface area contributed by atoms with Gasteiger partial charge in [-0.15, -0.1) is 0 Å². The highest BCUT2D eigenvalue weighted by atomic mass is 35.5. The molecule has 0 aliphatic rings. The van der Waals surface area contributed by atoms with Crippen molar-refractivity contribution >= 4 is 32.8 Å². The second-order valence-corrected chi connectivity index (χ2v) is 6.20. The van der Waals surface area contributed by atoms with E-state index in [1.807, 2.05) is 13.8 Å². The summed E-state index contributed by atoms with van der Waals surface area (Å²) in [7, 11) is -4.36. The highest BCUT2D eigenvalue weighted by Gasteiger charge is 2.22. The number of hydrogen-bond donors (Lipinski definition) is 1. The van der Waals surface area contributed by atoms with Gasteiger partial charge >= 0.3 is 10.1 Å². The van der Waals surface area contributed by atoms with E-state index < -0.39 is 10.1 Å². The van der Waals surface area contributed by atoms with Crippen LogP contribution in [0.15, 0.2) is 23.4 Å². The molecule has 1 N–H and O–H groups in total. The van der Waals surface area contributed by atoms with E-state index in [1.54, 1.807) is 18.2 Å². The Bertz CT molecular complexity index is 692. The van der Waals surface area contributed by atoms with Gasteiger partial charge in [-0.2, -0.15) is 8.42 Å². The standard InChI is InChI=1S/C11H13ClN2O3S/c1-7(2)6-14-10-8(12)4-3-5-9(10)13-11(14)18(15,16)17/h3-5,7H,6H2,1-2H3,(H,15,16,17). The van der Waals surface area contributed by atoms with Crippen molar-refractivity contribution in [3.8, 4) is 0 Å². The first kappa shape index (κ1) is 13.3. The van der Waals surface area contributed by atoms with E-state index in [0.29, 0.717) is 22.6 Å². The van der Waals surface area contributed by atoms with Crippen molar-refractivity contribution in [3.05, 3.63) is 23.2 Å². The summed E-state index contributed by atoms with van der Waals surface area (Å²) in [6.45, 7) is 4.29. The lowest BCUT2D eigenvalue weighted by molar-refractivity contribution is 0.447. The monoisotopic (exact) mass is 288 g/mol. The average molecular weight is 289 g/mol. The van der Waals surface area contributed by atoms with Gasteiger partial charge in [0.2, 0.25) is 0 Å². The summed E-state index contributed by atoms with van der Waals surface area (Å²) >= 11 is 6.07. The Morgan fingerprint density at radius 2 is 2.11 bits per heavy atom. The third-order valence-electron chi connectivity index (χ3n) is 2.46. The molecule has 0 amide bonds. The quantitative estimate of drug-likeness (QED) is 0.881. The SMILES string of the molecule is CC(C)Cn1c(S(=O)(=O)O)nc2cccc(Cl)c21. The Morgan fingerprint density at radius 1 is 1.44 bits per heavy atom. The fourth-order valence-corrected chi connectivity index (χ4v) is 2.78. The number of hydrogen-bond acceptors (Lipinski definition) is 3. The van der Waals surface area contributed by atoms with E-state index in [1.165, 1.54) is 4.57 Å². The lowest BCUT2D eigenvalue weighted by atomic mass is 10.2. The highest BCUT2D eigenvalue weighted by molar-refractivity contribution is 7.85. The largest absolute Gasteiger partial charge is 0.328 e. The average Bonchev–Trinajstić information content (AvgIpc) is 2.57. The molecular weight excluding hydrogens is 276 g/mol. The minimum Gasteiger partial charge on any atom is -0.311 e. The van der Waals surface area contributed by atoms with Crippen molar-refractivity contribution in [3.63, 3.8) is 0 Å². The van der Waals surface area contributed by atoms with Crippen LogP contribution in [0.5, 0.6) is 0 Å². The van der Waals surface area contributed by atoms with Gasteiger partial charge in [-0.25, -0.2) is 4.98 Å². The van der Waals surface area contributed by atoms with Crippen LogP contribution in [0.25, 0.3) is 11.0 Å². The third kappa shape index (κ3) is 2.36. The summed E-state index contributed by atoms with van der Waals surface area (Å²) in [5.74, 6) is 0.194. The molecule has 1 aromatic heterocycles. The molecule has 18 heavy (non-hydrogen) atoms. The predicted octanol–water partition coefficient (Wildman–Crippen LogP) is 2.59. The van der Waals surface area contributed by atoms with Gasteiger partial charge in [0.25, 0.3) is 5.16 Å². The van der Waals surface area contributed by atoms with Crippen molar-refractivity contribution in [2.45, 2.75) is 25.5 Å². The van der Waals surface area contributed by atoms with Crippen LogP contribution in [0.3, 0.4) is 0 Å². The first-order valence-corrected chi connectivity index (χ1v) is 7.24. The normalized spacial score (nSPS) is 12.5. The molecule has 0 aliphatic heterocycles. The van der Waals surface area contributed by atoms with Gasteiger partial charge in [-0.1, -0.05) is 31.5 Å². The minimum atomic E-state index is -4.36. The molecule has 0 bridgehead atoms. The van der Waals surface area contributed by atoms with Crippen LogP contribution in [0.1, 0.15) is 13.8 Å². The number of benzene rings is 1. The molecule has 5 nitrogen and oxygen atoms in total. The molecule has 0 unspecified atom stereocenters. The van der Waals surface area contributed by atoms with E-state index >= 15 is 0 Å². The molecule has 0 aliphatic carbocycles. The third-order valence-corrected chi connectivity index (χ3v) is 3.54. The Balaban J connectivity index is 2.82. The topological polar surface area (TPSA) is 72.2 Å². The van der Waals surface area contributed by atoms with Crippen LogP contribution in [-0.4, -0.2) is 22.5 Å². The predicted molar refractivity (Wildman–Crippen MR) is 69.4 cm³/mol. The van der Waals surface area contributed by atoms with Crippen molar-refractivity contribution in [2.24, 2.45) is 5.92 Å². The first-order valence-electron chi connectivity index (χ1n) is 5.43. The van der Waals surface area contributed by atoms with Crippen molar-refractivity contribution < 1.29 is 13.0 Å². The molecule has 0 atom stereocenters. The summed E-state index contributed by atoms with van der Waals surface area (Å²) < 4.78 is 33.4. The van der Waals surface area contributed by atoms with Gasteiger partial charge in [0.1, 0.15) is 0 Å². The molecule has 1 aromatic carbocycles. The molecule has 2 rings (SSSR count). The van der Waals surface area contributed by atoms with E-state index in [-0.39, 0.29) is 11.1 Å². The lowest BCUT2D eigenvalue weighted by Crippen LogP contribution is -2.13. The van der Waals surface area contributed by atoms with Crippen LogP contribution in [0, 0.1) is 5.92 Å². The van der Waals surface area contributed by atoms with E-state index in [4.69, 9.17) is 11.6 Å². The smallest absolute Gasteiger partial charge is 0.311 e. The van der Waals surface area contributed by atoms with E-state index in [9.17, 15) is 13.0 Å². The number of nitrogens with zero attached hydrogens (tertiary/aromatic N) is 2. The van der Waals surface area contributed by atoms with Gasteiger partial charge < -0.3 is 4.57 Å². The molecule has 98 valence electrons. The van der Waals surface area contributed by atoms with Crippen LogP contribution >= 0.6 is 11.6 Å². The van der Waals surface area contributed by atoms with E-state index in [2.05, 4.69) is 4.98 Å². The van der Waals surface area contributed by atoms with Gasteiger partial charge in [0, 0.05) is 6.54 Å². The van der Waals surface area contributed by atoms with Crippen LogP contribution in [0.4, 0.5) is 0 Å². The molecule has 7 heteroatoms. The molecule has 2 aromatic rings. The van der Waals surface area contributed by atoms with Crippen LogP contribution < -0.4 is 0 Å². The summed E-state index contributed by atoms with van der Waals surface area (Å²) in [6.07, 6.45) is 0. The van der Waals surface area contributed by atoms with Gasteiger partial charge in [0.05, 0.1) is 16.1 Å². The first-order chi connectivity index (χ1) is 8.30. The Labute approximate surface area is 110 Å². The Kier molecular flexibility index (Phi) is 3.35. The van der Waals surface area contributed by atoms with E-state index in [0.717, 1.165) is 0 Å². The molecular formula is C11H13ClN2O3S. The van der Waals surface area contributed by atoms with Crippen molar-refractivity contribution in [1.82, 2.24) is 9.55 Å². The molecule has 0 radical (unpaired) electrons. The maximum absolute atomic E-state index is 11.3. The number of rotatable bonds is 3. The zero-order chi connectivity index (χ0) is 13.5. The van der Waals surface area contributed by atoms with Crippen molar-refractivity contribution in [1.29, 1.82) is 0 Å². The highest BCUT2D eigenvalue weighted by Crippen LogP contribution is 2.27. The summed E-state index contributed by atoms with van der Waals surface area (Å²) in [4.78, 5) is 3.94. The fourth-order valence-electron chi connectivity index (χ4n) is 1.85. The van der Waals surface area contributed by atoms with Crippen LogP contribution in [0.2, 0.25) is 5.02 Å². The molecule has 0 saturated heterocycles. The molecule has 0 saturated carbocycles. The number of aromatic nitrogens is 2. The molecule has 0 spiro atoms. The molecule has 1 heterocycles. The maximum atomic E-state index is 11.3. The number of imidazole rings is 1. The number of halogens is 1. The number of fused-ring (bicyclic) bond motifs is 1. The minimum absolute atomic E-state index is 0.194. The fraction of sp³-hybridized carbons (Fsp3) is 0.364. The van der Waals surface area contributed by atoms with Gasteiger partial charge in [-0.3, -0.25) is 4.55 Å². The van der Waals surface area contributed by atoms with Crippen LogP contribution in [-0.2, 0) is 16.7 Å². The van der Waals surface area contributed by atoms with Gasteiger partial charge in [-0.05, 0) is 18.1 Å².